The largest absolute Gasteiger partial charge is 0.331 e. The molecular formula is C20H19N5O2. The van der Waals surface area contributed by atoms with Gasteiger partial charge in [-0.05, 0) is 43.0 Å². The summed E-state index contributed by atoms with van der Waals surface area (Å²) < 4.78 is 0. The zero-order valence-corrected chi connectivity index (χ0v) is 14.7. The lowest BCUT2D eigenvalue weighted by Crippen LogP contribution is -2.40. The number of piperidine rings is 1. The topological polar surface area (TPSA) is 91.8 Å². The first-order valence-corrected chi connectivity index (χ1v) is 8.94. The van der Waals surface area contributed by atoms with Gasteiger partial charge in [0.15, 0.2) is 0 Å². The molecule has 1 amide bonds. The molecular weight excluding hydrogens is 342 g/mol. The number of nitrogens with zero attached hydrogens (tertiary/aromatic N) is 4. The van der Waals surface area contributed by atoms with Crippen molar-refractivity contribution in [3.63, 3.8) is 0 Å². The molecule has 0 radical (unpaired) electrons. The Kier molecular flexibility index (Phi) is 4.74. The molecule has 136 valence electrons. The van der Waals surface area contributed by atoms with Crippen molar-refractivity contribution in [3.05, 3.63) is 76.7 Å². The van der Waals surface area contributed by atoms with Gasteiger partial charge in [0.1, 0.15) is 11.4 Å². The van der Waals surface area contributed by atoms with Crippen LogP contribution in [0.1, 0.15) is 41.2 Å². The Hall–Kier alpha value is -3.35. The average molecular weight is 361 g/mol. The summed E-state index contributed by atoms with van der Waals surface area (Å²) in [7, 11) is 0. The van der Waals surface area contributed by atoms with E-state index in [1.807, 2.05) is 12.1 Å². The van der Waals surface area contributed by atoms with E-state index in [1.54, 1.807) is 41.8 Å². The number of nitrogens with one attached hydrogen (secondary N) is 1. The van der Waals surface area contributed by atoms with Gasteiger partial charge in [0.05, 0.1) is 6.04 Å². The fourth-order valence-corrected chi connectivity index (χ4v) is 3.45. The van der Waals surface area contributed by atoms with Gasteiger partial charge in [-0.3, -0.25) is 19.6 Å². The molecule has 0 spiro atoms. The van der Waals surface area contributed by atoms with Crippen LogP contribution >= 0.6 is 0 Å². The van der Waals surface area contributed by atoms with Gasteiger partial charge in [-0.1, -0.05) is 6.07 Å². The van der Waals surface area contributed by atoms with Gasteiger partial charge < -0.3 is 9.88 Å². The fourth-order valence-electron chi connectivity index (χ4n) is 3.45. The summed E-state index contributed by atoms with van der Waals surface area (Å²) in [5, 5.41) is 0. The summed E-state index contributed by atoms with van der Waals surface area (Å²) in [4.78, 5) is 42.6. The molecule has 0 unspecified atom stereocenters. The molecule has 3 aromatic rings. The molecule has 1 fully saturated rings. The highest BCUT2D eigenvalue weighted by molar-refractivity contribution is 5.94. The van der Waals surface area contributed by atoms with Crippen molar-refractivity contribution < 1.29 is 4.79 Å². The quantitative estimate of drug-likeness (QED) is 0.774. The summed E-state index contributed by atoms with van der Waals surface area (Å²) in [5.41, 5.74) is 1.30. The number of aromatic amines is 1. The first kappa shape index (κ1) is 17.1. The van der Waals surface area contributed by atoms with Crippen molar-refractivity contribution in [1.29, 1.82) is 0 Å². The van der Waals surface area contributed by atoms with Gasteiger partial charge >= 0.3 is 0 Å². The molecule has 1 N–H and O–H groups in total. The van der Waals surface area contributed by atoms with Crippen LogP contribution in [0.3, 0.4) is 0 Å². The molecule has 0 aromatic carbocycles. The number of pyridine rings is 2. The monoisotopic (exact) mass is 361 g/mol. The lowest BCUT2D eigenvalue weighted by molar-refractivity contribution is 0.0609. The zero-order chi connectivity index (χ0) is 18.6. The summed E-state index contributed by atoms with van der Waals surface area (Å²) >= 11 is 0. The zero-order valence-electron chi connectivity index (χ0n) is 14.7. The maximum Gasteiger partial charge on any atom is 0.264 e. The number of rotatable bonds is 3. The third-order valence-electron chi connectivity index (χ3n) is 4.80. The summed E-state index contributed by atoms with van der Waals surface area (Å²) in [5.74, 6) is 0.0992. The van der Waals surface area contributed by atoms with E-state index in [0.717, 1.165) is 24.8 Å². The standard InChI is InChI=1S/C20H19N5O2/c26-19-16(13-23-18(24-19)15-6-4-9-22-12-15)20(27)25-10-2-1-7-17(25)14-5-3-8-21-11-14/h3-6,8-9,11-13,17H,1-2,7,10H2,(H,23,24,26)/t17-/m1/s1. The minimum Gasteiger partial charge on any atom is -0.331 e. The molecule has 1 saturated heterocycles. The molecule has 1 aliphatic rings. The number of hydrogen-bond acceptors (Lipinski definition) is 5. The number of likely N-dealkylation sites (tertiary alicyclic amines) is 1. The molecule has 4 rings (SSSR count). The number of hydrogen-bond donors (Lipinski definition) is 1. The number of carbonyl (C=O) groups excluding carboxylic acids is 1. The number of aromatic nitrogens is 4. The summed E-state index contributed by atoms with van der Waals surface area (Å²) in [6.45, 7) is 0.613. The van der Waals surface area contributed by atoms with Crippen LogP contribution in [0.2, 0.25) is 0 Å². The van der Waals surface area contributed by atoms with E-state index < -0.39 is 5.56 Å². The van der Waals surface area contributed by atoms with Crippen LogP contribution in [0.25, 0.3) is 11.4 Å². The van der Waals surface area contributed by atoms with Crippen molar-refractivity contribution in [3.8, 4) is 11.4 Å². The molecule has 1 aliphatic heterocycles. The molecule has 1 atom stereocenters. The van der Waals surface area contributed by atoms with Crippen molar-refractivity contribution >= 4 is 5.91 Å². The van der Waals surface area contributed by atoms with Crippen molar-refractivity contribution in [2.24, 2.45) is 0 Å². The first-order valence-electron chi connectivity index (χ1n) is 8.94. The molecule has 0 aliphatic carbocycles. The molecule has 7 nitrogen and oxygen atoms in total. The first-order chi connectivity index (χ1) is 13.2. The third-order valence-corrected chi connectivity index (χ3v) is 4.80. The lowest BCUT2D eigenvalue weighted by atomic mass is 9.96. The Bertz CT molecular complexity index is 988. The second kappa shape index (κ2) is 7.49. The van der Waals surface area contributed by atoms with Crippen LogP contribution in [0.5, 0.6) is 0 Å². The maximum atomic E-state index is 13.1. The highest BCUT2D eigenvalue weighted by Crippen LogP contribution is 2.31. The Morgan fingerprint density at radius 1 is 1.07 bits per heavy atom. The predicted octanol–water partition coefficient (Wildman–Crippen LogP) is 2.59. The van der Waals surface area contributed by atoms with E-state index in [0.29, 0.717) is 17.9 Å². The Labute approximate surface area is 156 Å². The fraction of sp³-hybridized carbons (Fsp3) is 0.250. The Balaban J connectivity index is 1.64. The molecule has 27 heavy (non-hydrogen) atoms. The van der Waals surface area contributed by atoms with Crippen LogP contribution < -0.4 is 5.56 Å². The van der Waals surface area contributed by atoms with Crippen LogP contribution in [-0.2, 0) is 0 Å². The van der Waals surface area contributed by atoms with Gasteiger partial charge in [0, 0.05) is 43.1 Å². The van der Waals surface area contributed by atoms with Crippen LogP contribution in [0.15, 0.2) is 60.0 Å². The molecule has 3 aromatic heterocycles. The van der Waals surface area contributed by atoms with Gasteiger partial charge in [0.25, 0.3) is 11.5 Å². The SMILES string of the molecule is O=C(c1cnc(-c2cccnc2)[nH]c1=O)N1CCCC[C@@H]1c1cccnc1. The third kappa shape index (κ3) is 3.48. The molecule has 4 heterocycles. The van der Waals surface area contributed by atoms with Gasteiger partial charge in [-0.15, -0.1) is 0 Å². The van der Waals surface area contributed by atoms with E-state index >= 15 is 0 Å². The minimum absolute atomic E-state index is 0.0541. The van der Waals surface area contributed by atoms with Crippen molar-refractivity contribution in [1.82, 2.24) is 24.8 Å². The second-order valence-corrected chi connectivity index (χ2v) is 6.51. The number of H-pyrrole nitrogens is 1. The minimum atomic E-state index is -0.440. The second-order valence-electron chi connectivity index (χ2n) is 6.51. The van der Waals surface area contributed by atoms with Crippen LogP contribution in [0.4, 0.5) is 0 Å². The van der Waals surface area contributed by atoms with Gasteiger partial charge in [0.2, 0.25) is 0 Å². The van der Waals surface area contributed by atoms with Crippen LogP contribution in [0, 0.1) is 0 Å². The van der Waals surface area contributed by atoms with E-state index in [9.17, 15) is 9.59 Å². The van der Waals surface area contributed by atoms with Crippen molar-refractivity contribution in [2.45, 2.75) is 25.3 Å². The van der Waals surface area contributed by atoms with E-state index in [-0.39, 0.29) is 17.5 Å². The smallest absolute Gasteiger partial charge is 0.264 e. The average Bonchev–Trinajstić information content (AvgIpc) is 2.74. The number of carbonyl (C=O) groups is 1. The van der Waals surface area contributed by atoms with Crippen LogP contribution in [-0.4, -0.2) is 37.3 Å². The highest BCUT2D eigenvalue weighted by Gasteiger charge is 2.30. The molecule has 7 heteroatoms. The Morgan fingerprint density at radius 3 is 2.59 bits per heavy atom. The highest BCUT2D eigenvalue weighted by atomic mass is 16.2. The maximum absolute atomic E-state index is 13.1. The molecule has 0 saturated carbocycles. The predicted molar refractivity (Wildman–Crippen MR) is 100.0 cm³/mol. The Morgan fingerprint density at radius 2 is 1.89 bits per heavy atom. The van der Waals surface area contributed by atoms with E-state index in [4.69, 9.17) is 0 Å². The summed E-state index contributed by atoms with van der Waals surface area (Å²) in [6.07, 6.45) is 10.9. The van der Waals surface area contributed by atoms with E-state index in [2.05, 4.69) is 19.9 Å². The van der Waals surface area contributed by atoms with Crippen molar-refractivity contribution in [2.75, 3.05) is 6.54 Å². The summed E-state index contributed by atoms with van der Waals surface area (Å²) in [6, 6.07) is 7.33. The van der Waals surface area contributed by atoms with Gasteiger partial charge in [-0.2, -0.15) is 0 Å². The molecule has 0 bridgehead atoms. The lowest BCUT2D eigenvalue weighted by Gasteiger charge is -2.35. The van der Waals surface area contributed by atoms with Gasteiger partial charge in [-0.25, -0.2) is 4.98 Å². The number of amides is 1. The van der Waals surface area contributed by atoms with E-state index in [1.165, 1.54) is 6.20 Å². The normalized spacial score (nSPS) is 16.9.